The minimum Gasteiger partial charge on any atom is -0.381 e. The lowest BCUT2D eigenvalue weighted by molar-refractivity contribution is -0.137. The van der Waals surface area contributed by atoms with Gasteiger partial charge in [-0.3, -0.25) is 0 Å². The fraction of sp³-hybridized carbons (Fsp3) is 0.500. The fourth-order valence-electron chi connectivity index (χ4n) is 2.08. The zero-order chi connectivity index (χ0) is 14.3. The van der Waals surface area contributed by atoms with E-state index in [-0.39, 0.29) is 17.5 Å². The molecule has 1 atom stereocenters. The molecular formula is C12H14F3NO2S. The Morgan fingerprint density at radius 2 is 2.00 bits per heavy atom. The first-order valence-corrected chi connectivity index (χ1v) is 7.64. The second kappa shape index (κ2) is 4.70. The van der Waals surface area contributed by atoms with Crippen LogP contribution in [0.2, 0.25) is 0 Å². The van der Waals surface area contributed by atoms with Gasteiger partial charge in [-0.2, -0.15) is 13.2 Å². The zero-order valence-corrected chi connectivity index (χ0v) is 11.1. The molecule has 0 spiro atoms. The molecule has 1 unspecified atom stereocenters. The van der Waals surface area contributed by atoms with Gasteiger partial charge in [-0.1, -0.05) is 6.07 Å². The van der Waals surface area contributed by atoms with Crippen LogP contribution in [0.15, 0.2) is 18.2 Å². The molecule has 1 fully saturated rings. The van der Waals surface area contributed by atoms with E-state index in [1.54, 1.807) is 6.92 Å². The summed E-state index contributed by atoms with van der Waals surface area (Å²) in [7, 11) is -3.05. The molecule has 1 aliphatic heterocycles. The van der Waals surface area contributed by atoms with E-state index < -0.39 is 21.6 Å². The van der Waals surface area contributed by atoms with Crippen molar-refractivity contribution in [1.29, 1.82) is 0 Å². The van der Waals surface area contributed by atoms with Gasteiger partial charge in [-0.15, -0.1) is 0 Å². The van der Waals surface area contributed by atoms with Gasteiger partial charge in [0.05, 0.1) is 17.1 Å². The third-order valence-corrected chi connectivity index (χ3v) is 4.92. The monoisotopic (exact) mass is 293 g/mol. The number of aryl methyl sites for hydroxylation is 1. The predicted molar refractivity (Wildman–Crippen MR) is 66.9 cm³/mol. The molecule has 0 bridgehead atoms. The van der Waals surface area contributed by atoms with Crippen molar-refractivity contribution in [1.82, 2.24) is 0 Å². The van der Waals surface area contributed by atoms with Gasteiger partial charge in [-0.05, 0) is 31.0 Å². The molecule has 0 amide bonds. The van der Waals surface area contributed by atoms with Crippen LogP contribution >= 0.6 is 0 Å². The van der Waals surface area contributed by atoms with Crippen LogP contribution in [-0.2, 0) is 16.0 Å². The average Bonchev–Trinajstić information content (AvgIpc) is 2.60. The molecule has 19 heavy (non-hydrogen) atoms. The summed E-state index contributed by atoms with van der Waals surface area (Å²) >= 11 is 0. The minimum absolute atomic E-state index is 0.0251. The normalized spacial score (nSPS) is 22.4. The highest BCUT2D eigenvalue weighted by atomic mass is 32.2. The molecule has 1 aromatic carbocycles. The summed E-state index contributed by atoms with van der Waals surface area (Å²) in [6, 6.07) is 3.12. The minimum atomic E-state index is -4.40. The van der Waals surface area contributed by atoms with E-state index in [1.165, 1.54) is 6.07 Å². The van der Waals surface area contributed by atoms with Gasteiger partial charge in [-0.25, -0.2) is 8.42 Å². The lowest BCUT2D eigenvalue weighted by Gasteiger charge is -2.17. The van der Waals surface area contributed by atoms with Gasteiger partial charge < -0.3 is 5.32 Å². The van der Waals surface area contributed by atoms with E-state index >= 15 is 0 Å². The van der Waals surface area contributed by atoms with Crippen LogP contribution in [0.4, 0.5) is 18.9 Å². The van der Waals surface area contributed by atoms with E-state index in [2.05, 4.69) is 5.32 Å². The van der Waals surface area contributed by atoms with Crippen molar-refractivity contribution in [3.63, 3.8) is 0 Å². The van der Waals surface area contributed by atoms with E-state index in [0.717, 1.165) is 12.1 Å². The quantitative estimate of drug-likeness (QED) is 0.911. The van der Waals surface area contributed by atoms with Gasteiger partial charge >= 0.3 is 6.18 Å². The number of hydrogen-bond acceptors (Lipinski definition) is 3. The summed E-state index contributed by atoms with van der Waals surface area (Å²) in [6.45, 7) is 1.69. The maximum Gasteiger partial charge on any atom is 0.416 e. The Labute approximate surface area is 109 Å². The summed E-state index contributed by atoms with van der Waals surface area (Å²) in [4.78, 5) is 0. The molecule has 0 aromatic heterocycles. The van der Waals surface area contributed by atoms with E-state index in [9.17, 15) is 21.6 Å². The zero-order valence-electron chi connectivity index (χ0n) is 10.3. The van der Waals surface area contributed by atoms with Crippen molar-refractivity contribution >= 4 is 15.5 Å². The Morgan fingerprint density at radius 1 is 1.32 bits per heavy atom. The third kappa shape index (κ3) is 3.40. The van der Waals surface area contributed by atoms with Crippen molar-refractivity contribution in [2.24, 2.45) is 0 Å². The summed E-state index contributed by atoms with van der Waals surface area (Å²) in [5.74, 6) is 0.0609. The third-order valence-electron chi connectivity index (χ3n) is 3.16. The average molecular weight is 293 g/mol. The Hall–Kier alpha value is -1.24. The first kappa shape index (κ1) is 14.2. The number of anilines is 1. The van der Waals surface area contributed by atoms with Crippen molar-refractivity contribution in [3.05, 3.63) is 29.3 Å². The number of nitrogens with one attached hydrogen (secondary N) is 1. The first-order valence-electron chi connectivity index (χ1n) is 5.82. The summed E-state index contributed by atoms with van der Waals surface area (Å²) in [5, 5.41) is 2.90. The van der Waals surface area contributed by atoms with Gasteiger partial charge in [0.15, 0.2) is 9.84 Å². The van der Waals surface area contributed by atoms with E-state index in [4.69, 9.17) is 0 Å². The van der Waals surface area contributed by atoms with Crippen molar-refractivity contribution in [2.45, 2.75) is 25.6 Å². The number of sulfone groups is 1. The van der Waals surface area contributed by atoms with E-state index in [0.29, 0.717) is 17.7 Å². The maximum absolute atomic E-state index is 12.6. The van der Waals surface area contributed by atoms with Crippen LogP contribution in [0.5, 0.6) is 0 Å². The van der Waals surface area contributed by atoms with E-state index in [1.807, 2.05) is 0 Å². The molecular weight excluding hydrogens is 279 g/mol. The second-order valence-electron chi connectivity index (χ2n) is 4.77. The molecule has 1 heterocycles. The second-order valence-corrected chi connectivity index (χ2v) is 7.00. The number of rotatable bonds is 2. The Balaban J connectivity index is 2.21. The summed E-state index contributed by atoms with van der Waals surface area (Å²) in [5.41, 5.74) is 0.274. The maximum atomic E-state index is 12.6. The van der Waals surface area contributed by atoms with Crippen LogP contribution in [0.25, 0.3) is 0 Å². The molecule has 0 aliphatic carbocycles. The van der Waals surface area contributed by atoms with Crippen LogP contribution < -0.4 is 5.32 Å². The Bertz CT molecular complexity index is 581. The molecule has 2 rings (SSSR count). The molecule has 1 aliphatic rings. The van der Waals surface area contributed by atoms with Crippen LogP contribution in [0.3, 0.4) is 0 Å². The number of benzene rings is 1. The number of halogens is 3. The standard InChI is InChI=1S/C12H14F3NO2S/c1-8-2-3-9(12(13,14)15)6-11(8)16-10-4-5-19(17,18)7-10/h2-3,6,10,16H,4-5,7H2,1H3. The smallest absolute Gasteiger partial charge is 0.381 e. The summed E-state index contributed by atoms with van der Waals surface area (Å²) < 4.78 is 60.5. The van der Waals surface area contributed by atoms with Gasteiger partial charge in [0.2, 0.25) is 0 Å². The largest absolute Gasteiger partial charge is 0.416 e. The SMILES string of the molecule is Cc1ccc(C(F)(F)F)cc1NC1CCS(=O)(=O)C1. The first-order chi connectivity index (χ1) is 8.67. The highest BCUT2D eigenvalue weighted by molar-refractivity contribution is 7.91. The highest BCUT2D eigenvalue weighted by Crippen LogP contribution is 2.32. The number of hydrogen-bond donors (Lipinski definition) is 1. The van der Waals surface area contributed by atoms with Gasteiger partial charge in [0.1, 0.15) is 0 Å². The fourth-order valence-corrected chi connectivity index (χ4v) is 3.76. The van der Waals surface area contributed by atoms with Crippen molar-refractivity contribution in [3.8, 4) is 0 Å². The lowest BCUT2D eigenvalue weighted by Crippen LogP contribution is -2.21. The molecule has 1 saturated heterocycles. The topological polar surface area (TPSA) is 46.2 Å². The van der Waals surface area contributed by atoms with Crippen molar-refractivity contribution in [2.75, 3.05) is 16.8 Å². The van der Waals surface area contributed by atoms with Crippen LogP contribution in [0, 0.1) is 6.92 Å². The molecule has 3 nitrogen and oxygen atoms in total. The van der Waals surface area contributed by atoms with Crippen LogP contribution in [0.1, 0.15) is 17.5 Å². The molecule has 0 saturated carbocycles. The molecule has 106 valence electrons. The molecule has 1 aromatic rings. The Kier molecular flexibility index (Phi) is 3.51. The highest BCUT2D eigenvalue weighted by Gasteiger charge is 2.32. The lowest BCUT2D eigenvalue weighted by atomic mass is 10.1. The molecule has 0 radical (unpaired) electrons. The van der Waals surface area contributed by atoms with Gasteiger partial charge in [0.25, 0.3) is 0 Å². The van der Waals surface area contributed by atoms with Crippen molar-refractivity contribution < 1.29 is 21.6 Å². The predicted octanol–water partition coefficient (Wildman–Crippen LogP) is 2.61. The summed E-state index contributed by atoms with van der Waals surface area (Å²) in [6.07, 6.45) is -3.97. The van der Waals surface area contributed by atoms with Gasteiger partial charge in [0, 0.05) is 11.7 Å². The van der Waals surface area contributed by atoms with Crippen LogP contribution in [-0.4, -0.2) is 26.0 Å². The molecule has 1 N–H and O–H groups in total. The molecule has 7 heteroatoms. The Morgan fingerprint density at radius 3 is 2.53 bits per heavy atom. The number of alkyl halides is 3.